The van der Waals surface area contributed by atoms with Gasteiger partial charge in [0.2, 0.25) is 0 Å². The fourth-order valence-electron chi connectivity index (χ4n) is 1.44. The number of pyridine rings is 1. The third-order valence-corrected chi connectivity index (χ3v) is 2.78. The SMILES string of the molecule is CCC(CC)C(=O)c1cncc(Br)c1. The molecule has 1 aromatic heterocycles. The first-order chi connectivity index (χ1) is 6.69. The van der Waals surface area contributed by atoms with E-state index in [9.17, 15) is 4.79 Å². The van der Waals surface area contributed by atoms with Crippen molar-refractivity contribution in [1.29, 1.82) is 0 Å². The zero-order valence-electron chi connectivity index (χ0n) is 8.46. The molecule has 0 unspecified atom stereocenters. The smallest absolute Gasteiger partial charge is 0.167 e. The van der Waals surface area contributed by atoms with Gasteiger partial charge in [-0.15, -0.1) is 0 Å². The molecule has 0 aliphatic rings. The highest BCUT2D eigenvalue weighted by molar-refractivity contribution is 9.10. The molecule has 0 fully saturated rings. The lowest BCUT2D eigenvalue weighted by Gasteiger charge is -2.10. The lowest BCUT2D eigenvalue weighted by atomic mass is 9.94. The van der Waals surface area contributed by atoms with E-state index in [1.165, 1.54) is 0 Å². The molecule has 0 bridgehead atoms. The monoisotopic (exact) mass is 255 g/mol. The number of ketones is 1. The van der Waals surface area contributed by atoms with Gasteiger partial charge in [-0.25, -0.2) is 0 Å². The van der Waals surface area contributed by atoms with E-state index in [1.807, 2.05) is 19.9 Å². The molecular formula is C11H14BrNO. The number of Topliss-reactive ketones (excluding diaryl/α,β-unsaturated/α-hetero) is 1. The molecule has 0 saturated heterocycles. The summed E-state index contributed by atoms with van der Waals surface area (Å²) < 4.78 is 0.856. The molecule has 0 spiro atoms. The molecular weight excluding hydrogens is 242 g/mol. The van der Waals surface area contributed by atoms with Crippen molar-refractivity contribution in [3.05, 3.63) is 28.5 Å². The molecule has 76 valence electrons. The second-order valence-corrected chi connectivity index (χ2v) is 4.19. The number of halogens is 1. The minimum absolute atomic E-state index is 0.131. The molecule has 3 heteroatoms. The summed E-state index contributed by atoms with van der Waals surface area (Å²) in [5.74, 6) is 0.329. The summed E-state index contributed by atoms with van der Waals surface area (Å²) >= 11 is 3.31. The van der Waals surface area contributed by atoms with Crippen molar-refractivity contribution in [2.24, 2.45) is 5.92 Å². The van der Waals surface area contributed by atoms with E-state index in [2.05, 4.69) is 20.9 Å². The molecule has 2 nitrogen and oxygen atoms in total. The molecule has 0 radical (unpaired) electrons. The van der Waals surface area contributed by atoms with E-state index < -0.39 is 0 Å². The normalized spacial score (nSPS) is 10.6. The molecule has 0 aromatic carbocycles. The Morgan fingerprint density at radius 2 is 2.07 bits per heavy atom. The quantitative estimate of drug-likeness (QED) is 0.772. The number of aromatic nitrogens is 1. The molecule has 1 aromatic rings. The van der Waals surface area contributed by atoms with Gasteiger partial charge in [0.15, 0.2) is 5.78 Å². The second kappa shape index (κ2) is 5.25. The number of hydrogen-bond donors (Lipinski definition) is 0. The molecule has 0 N–H and O–H groups in total. The van der Waals surface area contributed by atoms with Crippen LogP contribution in [0.1, 0.15) is 37.0 Å². The molecule has 0 aliphatic carbocycles. The van der Waals surface area contributed by atoms with Crippen LogP contribution < -0.4 is 0 Å². The van der Waals surface area contributed by atoms with Crippen LogP contribution in [0.4, 0.5) is 0 Å². The van der Waals surface area contributed by atoms with Crippen LogP contribution >= 0.6 is 15.9 Å². The molecule has 0 amide bonds. The van der Waals surface area contributed by atoms with Crippen LogP contribution in [0, 0.1) is 5.92 Å². The van der Waals surface area contributed by atoms with Gasteiger partial charge in [0, 0.05) is 28.3 Å². The number of carbonyl (C=O) groups is 1. The maximum Gasteiger partial charge on any atom is 0.167 e. The minimum atomic E-state index is 0.131. The van der Waals surface area contributed by atoms with Gasteiger partial charge in [0.1, 0.15) is 0 Å². The van der Waals surface area contributed by atoms with E-state index >= 15 is 0 Å². The first-order valence-electron chi connectivity index (χ1n) is 4.83. The van der Waals surface area contributed by atoms with Crippen molar-refractivity contribution in [3.8, 4) is 0 Å². The van der Waals surface area contributed by atoms with Gasteiger partial charge in [-0.1, -0.05) is 13.8 Å². The average Bonchev–Trinajstić information content (AvgIpc) is 2.19. The lowest BCUT2D eigenvalue weighted by molar-refractivity contribution is 0.0913. The van der Waals surface area contributed by atoms with Crippen LogP contribution in [0.15, 0.2) is 22.9 Å². The second-order valence-electron chi connectivity index (χ2n) is 3.27. The van der Waals surface area contributed by atoms with Crippen molar-refractivity contribution in [2.75, 3.05) is 0 Å². The van der Waals surface area contributed by atoms with Crippen LogP contribution in [0.25, 0.3) is 0 Å². The largest absolute Gasteiger partial charge is 0.294 e. The molecule has 1 heterocycles. The summed E-state index contributed by atoms with van der Waals surface area (Å²) in [5, 5.41) is 0. The maximum atomic E-state index is 11.9. The Hall–Kier alpha value is -0.700. The van der Waals surface area contributed by atoms with Gasteiger partial charge in [-0.3, -0.25) is 9.78 Å². The standard InChI is InChI=1S/C11H14BrNO/c1-3-8(4-2)11(14)9-5-10(12)7-13-6-9/h5-8H,3-4H2,1-2H3. The molecule has 0 saturated carbocycles. The number of rotatable bonds is 4. The van der Waals surface area contributed by atoms with Crippen LogP contribution in [-0.4, -0.2) is 10.8 Å². The Morgan fingerprint density at radius 3 is 2.57 bits per heavy atom. The first-order valence-corrected chi connectivity index (χ1v) is 5.63. The third-order valence-electron chi connectivity index (χ3n) is 2.35. The molecule has 1 rings (SSSR count). The summed E-state index contributed by atoms with van der Waals surface area (Å²) in [4.78, 5) is 15.9. The highest BCUT2D eigenvalue weighted by atomic mass is 79.9. The van der Waals surface area contributed by atoms with Crippen LogP contribution in [0.5, 0.6) is 0 Å². The van der Waals surface area contributed by atoms with E-state index in [4.69, 9.17) is 0 Å². The fraction of sp³-hybridized carbons (Fsp3) is 0.455. The van der Waals surface area contributed by atoms with Gasteiger partial charge in [0.05, 0.1) is 0 Å². The van der Waals surface area contributed by atoms with Gasteiger partial charge in [-0.2, -0.15) is 0 Å². The van der Waals surface area contributed by atoms with Crippen molar-refractivity contribution < 1.29 is 4.79 Å². The summed E-state index contributed by atoms with van der Waals surface area (Å²) in [6, 6.07) is 1.83. The van der Waals surface area contributed by atoms with Crippen molar-refractivity contribution >= 4 is 21.7 Å². The van der Waals surface area contributed by atoms with Crippen molar-refractivity contribution in [2.45, 2.75) is 26.7 Å². The molecule has 14 heavy (non-hydrogen) atoms. The van der Waals surface area contributed by atoms with Gasteiger partial charge in [0.25, 0.3) is 0 Å². The minimum Gasteiger partial charge on any atom is -0.294 e. The van der Waals surface area contributed by atoms with Crippen molar-refractivity contribution in [1.82, 2.24) is 4.98 Å². The average molecular weight is 256 g/mol. The van der Waals surface area contributed by atoms with Crippen LogP contribution in [0.3, 0.4) is 0 Å². The van der Waals surface area contributed by atoms with Crippen LogP contribution in [0.2, 0.25) is 0 Å². The lowest BCUT2D eigenvalue weighted by Crippen LogP contribution is -2.13. The number of hydrogen-bond acceptors (Lipinski definition) is 2. The third kappa shape index (κ3) is 2.64. The highest BCUT2D eigenvalue weighted by Crippen LogP contribution is 2.17. The Labute approximate surface area is 92.9 Å². The van der Waals surface area contributed by atoms with Gasteiger partial charge >= 0.3 is 0 Å². The summed E-state index contributed by atoms with van der Waals surface area (Å²) in [7, 11) is 0. The topological polar surface area (TPSA) is 30.0 Å². The highest BCUT2D eigenvalue weighted by Gasteiger charge is 2.16. The van der Waals surface area contributed by atoms with E-state index in [0.29, 0.717) is 5.56 Å². The van der Waals surface area contributed by atoms with E-state index in [1.54, 1.807) is 12.4 Å². The summed E-state index contributed by atoms with van der Waals surface area (Å²) in [6.07, 6.45) is 5.10. The Balaban J connectivity index is 2.88. The predicted octanol–water partition coefficient (Wildman–Crippen LogP) is 3.46. The molecule has 0 atom stereocenters. The van der Waals surface area contributed by atoms with Crippen molar-refractivity contribution in [3.63, 3.8) is 0 Å². The van der Waals surface area contributed by atoms with Gasteiger partial charge < -0.3 is 0 Å². The fourth-order valence-corrected chi connectivity index (χ4v) is 1.81. The van der Waals surface area contributed by atoms with E-state index in [0.717, 1.165) is 17.3 Å². The summed E-state index contributed by atoms with van der Waals surface area (Å²) in [6.45, 7) is 4.08. The maximum absolute atomic E-state index is 11.9. The van der Waals surface area contributed by atoms with Gasteiger partial charge in [-0.05, 0) is 34.8 Å². The van der Waals surface area contributed by atoms with Crippen LogP contribution in [-0.2, 0) is 0 Å². The first kappa shape index (κ1) is 11.4. The zero-order chi connectivity index (χ0) is 10.6. The number of nitrogens with zero attached hydrogens (tertiary/aromatic N) is 1. The predicted molar refractivity (Wildman–Crippen MR) is 60.3 cm³/mol. The zero-order valence-corrected chi connectivity index (χ0v) is 10.0. The Kier molecular flexibility index (Phi) is 4.26. The molecule has 0 aliphatic heterocycles. The Morgan fingerprint density at radius 1 is 1.43 bits per heavy atom. The Bertz CT molecular complexity index is 321. The summed E-state index contributed by atoms with van der Waals surface area (Å²) in [5.41, 5.74) is 0.702. The number of carbonyl (C=O) groups excluding carboxylic acids is 1. The van der Waals surface area contributed by atoms with E-state index in [-0.39, 0.29) is 11.7 Å².